The van der Waals surface area contributed by atoms with Crippen LogP contribution < -0.4 is 5.32 Å². The van der Waals surface area contributed by atoms with E-state index in [0.29, 0.717) is 0 Å². The van der Waals surface area contributed by atoms with Crippen LogP contribution >= 0.6 is 0 Å². The lowest BCUT2D eigenvalue weighted by molar-refractivity contribution is 0.670. The number of benzene rings is 4. The average molecular weight is 363 g/mol. The van der Waals surface area contributed by atoms with Gasteiger partial charge in [-0.1, -0.05) is 54.6 Å². The molecule has 0 amide bonds. The Labute approximate surface area is 163 Å². The SMILES string of the molecule is c1cc2c(c(Nc3cccc4c3oc3ccc5ccccc5c34)c1)CCCC2. The van der Waals surface area contributed by atoms with Crippen LogP contribution in [-0.2, 0) is 12.8 Å². The van der Waals surface area contributed by atoms with Gasteiger partial charge in [0.25, 0.3) is 0 Å². The summed E-state index contributed by atoms with van der Waals surface area (Å²) in [5.74, 6) is 0. The molecule has 5 aromatic rings. The van der Waals surface area contributed by atoms with Gasteiger partial charge < -0.3 is 9.73 Å². The van der Waals surface area contributed by atoms with Crippen molar-refractivity contribution in [3.8, 4) is 0 Å². The van der Waals surface area contributed by atoms with Crippen molar-refractivity contribution in [1.29, 1.82) is 0 Å². The molecule has 1 heterocycles. The Morgan fingerprint density at radius 3 is 2.50 bits per heavy atom. The highest BCUT2D eigenvalue weighted by Crippen LogP contribution is 2.39. The Morgan fingerprint density at radius 2 is 1.50 bits per heavy atom. The summed E-state index contributed by atoms with van der Waals surface area (Å²) in [5.41, 5.74) is 7.08. The topological polar surface area (TPSA) is 25.2 Å². The van der Waals surface area contributed by atoms with Crippen LogP contribution in [-0.4, -0.2) is 0 Å². The van der Waals surface area contributed by atoms with Gasteiger partial charge in [0, 0.05) is 16.5 Å². The van der Waals surface area contributed by atoms with Crippen LogP contribution in [0, 0.1) is 0 Å². The fourth-order valence-electron chi connectivity index (χ4n) is 4.71. The normalized spacial score (nSPS) is 13.9. The van der Waals surface area contributed by atoms with Gasteiger partial charge in [-0.05, 0) is 65.8 Å². The zero-order chi connectivity index (χ0) is 18.5. The lowest BCUT2D eigenvalue weighted by atomic mass is 9.90. The average Bonchev–Trinajstić information content (AvgIpc) is 3.14. The van der Waals surface area contributed by atoms with Crippen LogP contribution in [0.15, 0.2) is 77.2 Å². The third-order valence-corrected chi connectivity index (χ3v) is 6.05. The van der Waals surface area contributed by atoms with Crippen molar-refractivity contribution < 1.29 is 4.42 Å². The smallest absolute Gasteiger partial charge is 0.158 e. The first-order chi connectivity index (χ1) is 13.9. The lowest BCUT2D eigenvalue weighted by Crippen LogP contribution is -2.06. The van der Waals surface area contributed by atoms with Crippen LogP contribution in [0.5, 0.6) is 0 Å². The first-order valence-corrected chi connectivity index (χ1v) is 10.1. The molecule has 0 radical (unpaired) electrons. The number of hydrogen-bond donors (Lipinski definition) is 1. The van der Waals surface area contributed by atoms with Gasteiger partial charge in [0.2, 0.25) is 0 Å². The van der Waals surface area contributed by atoms with Gasteiger partial charge in [0.05, 0.1) is 5.69 Å². The molecular formula is C26H21NO. The maximum atomic E-state index is 6.35. The maximum Gasteiger partial charge on any atom is 0.158 e. The number of para-hydroxylation sites is 1. The van der Waals surface area contributed by atoms with Crippen molar-refractivity contribution in [2.24, 2.45) is 0 Å². The van der Waals surface area contributed by atoms with E-state index in [-0.39, 0.29) is 0 Å². The molecule has 0 fully saturated rings. The molecule has 0 atom stereocenters. The number of rotatable bonds is 2. The summed E-state index contributed by atoms with van der Waals surface area (Å²) < 4.78 is 6.35. The largest absolute Gasteiger partial charge is 0.454 e. The van der Waals surface area contributed by atoms with E-state index in [1.807, 2.05) is 0 Å². The van der Waals surface area contributed by atoms with Crippen molar-refractivity contribution in [3.63, 3.8) is 0 Å². The fraction of sp³-hybridized carbons (Fsp3) is 0.154. The van der Waals surface area contributed by atoms with E-state index in [4.69, 9.17) is 4.42 Å². The molecule has 136 valence electrons. The number of anilines is 2. The highest BCUT2D eigenvalue weighted by Gasteiger charge is 2.16. The minimum absolute atomic E-state index is 0.933. The van der Waals surface area contributed by atoms with E-state index < -0.39 is 0 Å². The molecule has 28 heavy (non-hydrogen) atoms. The number of fused-ring (bicyclic) bond motifs is 6. The van der Waals surface area contributed by atoms with Gasteiger partial charge >= 0.3 is 0 Å². The predicted molar refractivity (Wildman–Crippen MR) is 118 cm³/mol. The number of hydrogen-bond acceptors (Lipinski definition) is 2. The zero-order valence-electron chi connectivity index (χ0n) is 15.7. The molecule has 1 N–H and O–H groups in total. The lowest BCUT2D eigenvalue weighted by Gasteiger charge is -2.20. The molecule has 0 aliphatic heterocycles. The Balaban J connectivity index is 1.56. The van der Waals surface area contributed by atoms with Crippen molar-refractivity contribution in [2.75, 3.05) is 5.32 Å². The highest BCUT2D eigenvalue weighted by molar-refractivity contribution is 6.20. The van der Waals surface area contributed by atoms with E-state index >= 15 is 0 Å². The van der Waals surface area contributed by atoms with Gasteiger partial charge in [0.1, 0.15) is 5.58 Å². The molecule has 4 aromatic carbocycles. The third-order valence-electron chi connectivity index (χ3n) is 6.05. The predicted octanol–water partition coefficient (Wildman–Crippen LogP) is 7.36. The molecule has 2 heteroatoms. The number of furan rings is 1. The van der Waals surface area contributed by atoms with Gasteiger partial charge in [-0.25, -0.2) is 0 Å². The molecule has 0 spiro atoms. The standard InChI is InChI=1S/C26H21NO/c1-3-10-19-17(7-1)9-5-13-22(19)27-23-14-6-12-21-25-20-11-4-2-8-18(20)15-16-24(25)28-26(21)23/h2,4-6,8-9,11-16,27H,1,3,7,10H2. The second-order valence-corrected chi connectivity index (χ2v) is 7.72. The van der Waals surface area contributed by atoms with Crippen LogP contribution in [0.3, 0.4) is 0 Å². The second kappa shape index (κ2) is 6.13. The Kier molecular flexibility index (Phi) is 3.45. The van der Waals surface area contributed by atoms with E-state index in [1.165, 1.54) is 57.6 Å². The molecule has 1 aliphatic carbocycles. The summed E-state index contributed by atoms with van der Waals surface area (Å²) in [6, 6.07) is 25.8. The fourth-order valence-corrected chi connectivity index (χ4v) is 4.71. The van der Waals surface area contributed by atoms with Crippen LogP contribution in [0.4, 0.5) is 11.4 Å². The van der Waals surface area contributed by atoms with Gasteiger partial charge in [-0.15, -0.1) is 0 Å². The van der Waals surface area contributed by atoms with Crippen molar-refractivity contribution in [2.45, 2.75) is 25.7 Å². The van der Waals surface area contributed by atoms with Crippen molar-refractivity contribution in [1.82, 2.24) is 0 Å². The first-order valence-electron chi connectivity index (χ1n) is 10.1. The molecule has 6 rings (SSSR count). The minimum Gasteiger partial charge on any atom is -0.454 e. The van der Waals surface area contributed by atoms with Crippen molar-refractivity contribution in [3.05, 3.63) is 83.9 Å². The molecule has 2 nitrogen and oxygen atoms in total. The summed E-state index contributed by atoms with van der Waals surface area (Å²) in [7, 11) is 0. The summed E-state index contributed by atoms with van der Waals surface area (Å²) in [6.45, 7) is 0. The van der Waals surface area contributed by atoms with Crippen LogP contribution in [0.25, 0.3) is 32.7 Å². The Morgan fingerprint density at radius 1 is 0.679 bits per heavy atom. The van der Waals surface area contributed by atoms with Gasteiger partial charge in [-0.2, -0.15) is 0 Å². The number of aryl methyl sites for hydroxylation is 1. The van der Waals surface area contributed by atoms with Crippen molar-refractivity contribution >= 4 is 44.1 Å². The highest BCUT2D eigenvalue weighted by atomic mass is 16.3. The summed E-state index contributed by atoms with van der Waals surface area (Å²) in [4.78, 5) is 0. The van der Waals surface area contributed by atoms with E-state index in [9.17, 15) is 0 Å². The molecular weight excluding hydrogens is 342 g/mol. The minimum atomic E-state index is 0.933. The number of nitrogens with one attached hydrogen (secondary N) is 1. The molecule has 0 unspecified atom stereocenters. The maximum absolute atomic E-state index is 6.35. The summed E-state index contributed by atoms with van der Waals surface area (Å²) >= 11 is 0. The zero-order valence-corrected chi connectivity index (χ0v) is 15.7. The van der Waals surface area contributed by atoms with Crippen LogP contribution in [0.2, 0.25) is 0 Å². The Hall–Kier alpha value is -3.26. The molecule has 0 saturated heterocycles. The van der Waals surface area contributed by atoms with E-state index in [1.54, 1.807) is 0 Å². The van der Waals surface area contributed by atoms with Gasteiger partial charge in [0.15, 0.2) is 5.58 Å². The monoisotopic (exact) mass is 363 g/mol. The second-order valence-electron chi connectivity index (χ2n) is 7.72. The molecule has 1 aromatic heterocycles. The van der Waals surface area contributed by atoms with E-state index in [0.717, 1.165) is 23.3 Å². The Bertz CT molecular complexity index is 1350. The third kappa shape index (κ3) is 2.34. The molecule has 0 bridgehead atoms. The first kappa shape index (κ1) is 15.8. The van der Waals surface area contributed by atoms with Crippen LogP contribution in [0.1, 0.15) is 24.0 Å². The molecule has 0 saturated carbocycles. The summed E-state index contributed by atoms with van der Waals surface area (Å²) in [5, 5.41) is 8.55. The van der Waals surface area contributed by atoms with E-state index in [2.05, 4.69) is 78.1 Å². The van der Waals surface area contributed by atoms with Gasteiger partial charge in [-0.3, -0.25) is 0 Å². The summed E-state index contributed by atoms with van der Waals surface area (Å²) in [6.07, 6.45) is 4.90. The molecule has 1 aliphatic rings. The quantitative estimate of drug-likeness (QED) is 0.354.